The topological polar surface area (TPSA) is 76.1 Å². The SMILES string of the molecule is CC(C)S(=O)(=O)c1ccc(CC(=O)Nc2nc3c(s2)CCC3)cc1. The number of anilines is 1. The van der Waals surface area contributed by atoms with Gasteiger partial charge < -0.3 is 5.32 Å². The number of nitrogens with one attached hydrogen (secondary N) is 1. The van der Waals surface area contributed by atoms with Crippen molar-refractivity contribution in [2.75, 3.05) is 5.32 Å². The number of aromatic nitrogens is 1. The van der Waals surface area contributed by atoms with E-state index in [1.165, 1.54) is 4.88 Å². The van der Waals surface area contributed by atoms with Gasteiger partial charge in [0.1, 0.15) is 0 Å². The average molecular weight is 364 g/mol. The van der Waals surface area contributed by atoms with E-state index in [4.69, 9.17) is 0 Å². The number of hydrogen-bond donors (Lipinski definition) is 1. The third-order valence-corrected chi connectivity index (χ3v) is 7.32. The highest BCUT2D eigenvalue weighted by atomic mass is 32.2. The summed E-state index contributed by atoms with van der Waals surface area (Å²) in [6.07, 6.45) is 3.39. The molecule has 1 amide bonds. The molecule has 0 fully saturated rings. The van der Waals surface area contributed by atoms with Crippen LogP contribution in [0.25, 0.3) is 0 Å². The summed E-state index contributed by atoms with van der Waals surface area (Å²) >= 11 is 1.55. The van der Waals surface area contributed by atoms with Gasteiger partial charge in [-0.3, -0.25) is 4.79 Å². The predicted molar refractivity (Wildman–Crippen MR) is 95.2 cm³/mol. The second-order valence-corrected chi connectivity index (χ2v) is 9.79. The van der Waals surface area contributed by atoms with Gasteiger partial charge in [-0.2, -0.15) is 0 Å². The molecule has 3 rings (SSSR count). The van der Waals surface area contributed by atoms with E-state index in [1.807, 2.05) is 0 Å². The fourth-order valence-electron chi connectivity index (χ4n) is 2.66. The van der Waals surface area contributed by atoms with E-state index < -0.39 is 15.1 Å². The molecule has 128 valence electrons. The van der Waals surface area contributed by atoms with E-state index in [2.05, 4.69) is 10.3 Å². The van der Waals surface area contributed by atoms with Gasteiger partial charge in [0.15, 0.2) is 15.0 Å². The zero-order chi connectivity index (χ0) is 17.3. The maximum Gasteiger partial charge on any atom is 0.230 e. The van der Waals surface area contributed by atoms with Crippen molar-refractivity contribution in [2.45, 2.75) is 49.7 Å². The highest BCUT2D eigenvalue weighted by molar-refractivity contribution is 7.92. The Morgan fingerprint density at radius 3 is 2.58 bits per heavy atom. The van der Waals surface area contributed by atoms with Crippen molar-refractivity contribution in [3.8, 4) is 0 Å². The molecule has 1 N–H and O–H groups in total. The van der Waals surface area contributed by atoms with E-state index in [0.29, 0.717) is 5.13 Å². The van der Waals surface area contributed by atoms with Gasteiger partial charge >= 0.3 is 0 Å². The second kappa shape index (κ2) is 6.64. The lowest BCUT2D eigenvalue weighted by atomic mass is 10.1. The Morgan fingerprint density at radius 1 is 1.25 bits per heavy atom. The van der Waals surface area contributed by atoms with Gasteiger partial charge in [-0.15, -0.1) is 11.3 Å². The quantitative estimate of drug-likeness (QED) is 0.885. The molecule has 0 saturated heterocycles. The van der Waals surface area contributed by atoms with E-state index >= 15 is 0 Å². The summed E-state index contributed by atoms with van der Waals surface area (Å²) in [6.45, 7) is 3.31. The summed E-state index contributed by atoms with van der Waals surface area (Å²) in [4.78, 5) is 18.1. The third-order valence-electron chi connectivity index (χ3n) is 4.08. The Bertz CT molecular complexity index is 831. The maximum atomic E-state index is 12.1. The first-order valence-corrected chi connectivity index (χ1v) is 10.3. The molecular formula is C17H20N2O3S2. The summed E-state index contributed by atoms with van der Waals surface area (Å²) in [6, 6.07) is 6.51. The predicted octanol–water partition coefficient (Wildman–Crippen LogP) is 3.00. The summed E-state index contributed by atoms with van der Waals surface area (Å²) in [5.74, 6) is -0.137. The van der Waals surface area contributed by atoms with Crippen LogP contribution in [0.5, 0.6) is 0 Å². The van der Waals surface area contributed by atoms with Crippen LogP contribution in [0.3, 0.4) is 0 Å². The van der Waals surface area contributed by atoms with E-state index in [9.17, 15) is 13.2 Å². The molecule has 0 atom stereocenters. The van der Waals surface area contributed by atoms with Crippen LogP contribution in [0.4, 0.5) is 5.13 Å². The second-order valence-electron chi connectivity index (χ2n) is 6.21. The van der Waals surface area contributed by atoms with Crippen molar-refractivity contribution in [1.82, 2.24) is 4.98 Å². The van der Waals surface area contributed by atoms with Gasteiger partial charge in [-0.1, -0.05) is 12.1 Å². The monoisotopic (exact) mass is 364 g/mol. The van der Waals surface area contributed by atoms with Crippen molar-refractivity contribution in [3.63, 3.8) is 0 Å². The minimum atomic E-state index is -3.28. The molecule has 24 heavy (non-hydrogen) atoms. The number of benzene rings is 1. The highest BCUT2D eigenvalue weighted by Crippen LogP contribution is 2.30. The summed E-state index contributed by atoms with van der Waals surface area (Å²) < 4.78 is 24.2. The first-order chi connectivity index (χ1) is 11.4. The summed E-state index contributed by atoms with van der Waals surface area (Å²) in [5.41, 5.74) is 1.89. The lowest BCUT2D eigenvalue weighted by molar-refractivity contribution is -0.115. The van der Waals surface area contributed by atoms with Crippen LogP contribution >= 0.6 is 11.3 Å². The van der Waals surface area contributed by atoms with Gasteiger partial charge in [-0.25, -0.2) is 13.4 Å². The molecule has 7 heteroatoms. The largest absolute Gasteiger partial charge is 0.302 e. The molecule has 0 aliphatic heterocycles. The Balaban J connectivity index is 1.64. The Hall–Kier alpha value is -1.73. The minimum Gasteiger partial charge on any atom is -0.302 e. The molecule has 2 aromatic rings. The van der Waals surface area contributed by atoms with Crippen LogP contribution < -0.4 is 5.32 Å². The van der Waals surface area contributed by atoms with E-state index in [1.54, 1.807) is 49.4 Å². The van der Waals surface area contributed by atoms with Crippen molar-refractivity contribution in [2.24, 2.45) is 0 Å². The zero-order valence-electron chi connectivity index (χ0n) is 13.7. The molecule has 5 nitrogen and oxygen atoms in total. The Kier molecular flexibility index (Phi) is 4.73. The van der Waals surface area contributed by atoms with Crippen molar-refractivity contribution >= 4 is 32.2 Å². The number of thiazole rings is 1. The third kappa shape index (κ3) is 3.52. The molecule has 1 aliphatic carbocycles. The van der Waals surface area contributed by atoms with Gasteiger partial charge in [-0.05, 0) is 50.8 Å². The van der Waals surface area contributed by atoms with Crippen LogP contribution in [0.2, 0.25) is 0 Å². The normalized spacial score (nSPS) is 14.0. The standard InChI is InChI=1S/C17H20N2O3S2/c1-11(2)24(21,22)13-8-6-12(7-9-13)10-16(20)19-17-18-14-4-3-5-15(14)23-17/h6-9,11H,3-5,10H2,1-2H3,(H,18,19,20). The molecule has 0 bridgehead atoms. The smallest absolute Gasteiger partial charge is 0.230 e. The fourth-order valence-corrected chi connectivity index (χ4v) is 4.79. The van der Waals surface area contributed by atoms with Gasteiger partial charge in [0.25, 0.3) is 0 Å². The Morgan fingerprint density at radius 2 is 1.96 bits per heavy atom. The van der Waals surface area contributed by atoms with Crippen LogP contribution in [0.15, 0.2) is 29.2 Å². The van der Waals surface area contributed by atoms with Crippen LogP contribution in [0.1, 0.15) is 36.4 Å². The number of rotatable bonds is 5. The van der Waals surface area contributed by atoms with Gasteiger partial charge in [0, 0.05) is 4.88 Å². The Labute approximate surface area is 146 Å². The number of hydrogen-bond acceptors (Lipinski definition) is 5. The highest BCUT2D eigenvalue weighted by Gasteiger charge is 2.20. The molecule has 1 aromatic heterocycles. The number of sulfone groups is 1. The van der Waals surface area contributed by atoms with Crippen molar-refractivity contribution in [1.29, 1.82) is 0 Å². The van der Waals surface area contributed by atoms with Crippen molar-refractivity contribution < 1.29 is 13.2 Å². The van der Waals surface area contributed by atoms with Gasteiger partial charge in [0.05, 0.1) is 22.3 Å². The average Bonchev–Trinajstić information content (AvgIpc) is 3.08. The van der Waals surface area contributed by atoms with Gasteiger partial charge in [0.2, 0.25) is 5.91 Å². The van der Waals surface area contributed by atoms with Crippen molar-refractivity contribution in [3.05, 3.63) is 40.4 Å². The van der Waals surface area contributed by atoms with Crippen LogP contribution in [-0.4, -0.2) is 24.6 Å². The van der Waals surface area contributed by atoms with Crippen LogP contribution in [0, 0.1) is 0 Å². The molecule has 0 unspecified atom stereocenters. The number of aryl methyl sites for hydroxylation is 2. The number of carbonyl (C=O) groups excluding carboxylic acids is 1. The summed E-state index contributed by atoms with van der Waals surface area (Å²) in [5, 5.41) is 3.03. The van der Waals surface area contributed by atoms with Crippen LogP contribution in [-0.2, 0) is 33.9 Å². The lowest BCUT2D eigenvalue weighted by Gasteiger charge is -2.08. The lowest BCUT2D eigenvalue weighted by Crippen LogP contribution is -2.15. The molecule has 0 radical (unpaired) electrons. The summed E-state index contributed by atoms with van der Waals surface area (Å²) in [7, 11) is -3.28. The fraction of sp³-hybridized carbons (Fsp3) is 0.412. The molecule has 1 aliphatic rings. The minimum absolute atomic E-state index is 0.137. The number of carbonyl (C=O) groups is 1. The van der Waals surface area contributed by atoms with E-state index in [-0.39, 0.29) is 17.2 Å². The molecular weight excluding hydrogens is 344 g/mol. The molecule has 1 aromatic carbocycles. The first kappa shape index (κ1) is 17.1. The number of nitrogens with zero attached hydrogens (tertiary/aromatic N) is 1. The first-order valence-electron chi connectivity index (χ1n) is 7.97. The molecule has 1 heterocycles. The number of fused-ring (bicyclic) bond motifs is 1. The van der Waals surface area contributed by atoms with E-state index in [0.717, 1.165) is 30.5 Å². The zero-order valence-corrected chi connectivity index (χ0v) is 15.3. The molecule has 0 saturated carbocycles. The number of amides is 1. The molecule has 0 spiro atoms. The maximum absolute atomic E-state index is 12.1.